The summed E-state index contributed by atoms with van der Waals surface area (Å²) >= 11 is 0. The molecule has 1 saturated carbocycles. The molecule has 0 aliphatic heterocycles. The molecule has 4 nitrogen and oxygen atoms in total. The number of sulfonamides is 1. The Kier molecular flexibility index (Phi) is 5.29. The zero-order valence-corrected chi connectivity index (χ0v) is 14.0. The number of allylic oxidation sites excluding steroid dienone is 1. The highest BCUT2D eigenvalue weighted by molar-refractivity contribution is 7.92. The van der Waals surface area contributed by atoms with Gasteiger partial charge >= 0.3 is 0 Å². The number of halogens is 2. The van der Waals surface area contributed by atoms with Crippen molar-refractivity contribution < 1.29 is 21.9 Å². The monoisotopic (exact) mass is 345 g/mol. The summed E-state index contributed by atoms with van der Waals surface area (Å²) in [6, 6.07) is 4.94. The van der Waals surface area contributed by atoms with Gasteiger partial charge in [-0.15, -0.1) is 0 Å². The lowest BCUT2D eigenvalue weighted by Gasteiger charge is -2.26. The van der Waals surface area contributed by atoms with E-state index in [0.717, 1.165) is 6.26 Å². The van der Waals surface area contributed by atoms with Gasteiger partial charge in [0, 0.05) is 24.1 Å². The lowest BCUT2D eigenvalue weighted by molar-refractivity contribution is -0.0410. The maximum atomic E-state index is 13.2. The van der Waals surface area contributed by atoms with Crippen LogP contribution in [0.15, 0.2) is 24.3 Å². The van der Waals surface area contributed by atoms with Crippen LogP contribution in [0.3, 0.4) is 0 Å². The van der Waals surface area contributed by atoms with Gasteiger partial charge in [0.1, 0.15) is 5.75 Å². The van der Waals surface area contributed by atoms with Crippen LogP contribution in [0.4, 0.5) is 14.5 Å². The molecule has 23 heavy (non-hydrogen) atoms. The van der Waals surface area contributed by atoms with Crippen LogP contribution in [0.25, 0.3) is 6.08 Å². The van der Waals surface area contributed by atoms with E-state index in [2.05, 4.69) is 4.72 Å². The van der Waals surface area contributed by atoms with Crippen LogP contribution >= 0.6 is 0 Å². The SMILES string of the molecule is COc1ccc(NS(C)(=O)=O)cc1/C=C/C1CCC(F)(F)CC1. The zero-order valence-electron chi connectivity index (χ0n) is 13.2. The van der Waals surface area contributed by atoms with Crippen LogP contribution in [0.5, 0.6) is 5.75 Å². The highest BCUT2D eigenvalue weighted by Gasteiger charge is 2.33. The molecule has 0 atom stereocenters. The Hall–Kier alpha value is -1.63. The van der Waals surface area contributed by atoms with Crippen molar-refractivity contribution in [1.29, 1.82) is 0 Å². The minimum atomic E-state index is -3.36. The molecular formula is C16H21F2NO3S. The third-order valence-corrected chi connectivity index (χ3v) is 4.45. The van der Waals surface area contributed by atoms with Crippen molar-refractivity contribution >= 4 is 21.8 Å². The number of hydrogen-bond donors (Lipinski definition) is 1. The second-order valence-electron chi connectivity index (χ2n) is 5.88. The molecule has 0 saturated heterocycles. The third kappa shape index (κ3) is 5.49. The van der Waals surface area contributed by atoms with Gasteiger partial charge in [0.05, 0.1) is 13.4 Å². The minimum absolute atomic E-state index is 0.0885. The van der Waals surface area contributed by atoms with Crippen molar-refractivity contribution in [3.63, 3.8) is 0 Å². The van der Waals surface area contributed by atoms with E-state index in [1.807, 2.05) is 6.08 Å². The van der Waals surface area contributed by atoms with Crippen molar-refractivity contribution in [3.05, 3.63) is 29.8 Å². The van der Waals surface area contributed by atoms with Crippen LogP contribution in [-0.4, -0.2) is 27.7 Å². The maximum absolute atomic E-state index is 13.2. The van der Waals surface area contributed by atoms with E-state index in [1.54, 1.807) is 24.3 Å². The number of ether oxygens (including phenoxy) is 1. The molecule has 0 unspecified atom stereocenters. The van der Waals surface area contributed by atoms with Crippen LogP contribution in [-0.2, 0) is 10.0 Å². The van der Waals surface area contributed by atoms with E-state index in [4.69, 9.17) is 4.74 Å². The molecule has 1 aromatic rings. The Labute approximate surface area is 135 Å². The Bertz CT molecular complexity index is 677. The van der Waals surface area contributed by atoms with Crippen LogP contribution < -0.4 is 9.46 Å². The predicted octanol–water partition coefficient (Wildman–Crippen LogP) is 3.91. The summed E-state index contributed by atoms with van der Waals surface area (Å²) in [6.07, 6.45) is 5.51. The standard InChI is InChI=1S/C16H21F2NO3S/c1-22-15-6-5-14(19-23(2,20)21)11-13(15)4-3-12-7-9-16(17,18)10-8-12/h3-6,11-12,19H,7-10H2,1-2H3/b4-3+. The Morgan fingerprint density at radius 2 is 1.96 bits per heavy atom. The summed E-state index contributed by atoms with van der Waals surface area (Å²) in [6.45, 7) is 0. The maximum Gasteiger partial charge on any atom is 0.248 e. The molecule has 1 fully saturated rings. The highest BCUT2D eigenvalue weighted by Crippen LogP contribution is 2.37. The lowest BCUT2D eigenvalue weighted by atomic mass is 9.86. The number of rotatable bonds is 5. The molecule has 2 rings (SSSR count). The molecule has 1 aromatic carbocycles. The van der Waals surface area contributed by atoms with Gasteiger partial charge in [-0.05, 0) is 37.0 Å². The quantitative estimate of drug-likeness (QED) is 0.880. The first-order valence-corrected chi connectivity index (χ1v) is 9.29. The summed E-state index contributed by atoms with van der Waals surface area (Å²) in [4.78, 5) is 0. The lowest BCUT2D eigenvalue weighted by Crippen LogP contribution is -2.23. The van der Waals surface area contributed by atoms with E-state index >= 15 is 0 Å². The first-order valence-electron chi connectivity index (χ1n) is 7.40. The van der Waals surface area contributed by atoms with Gasteiger partial charge in [-0.1, -0.05) is 12.2 Å². The van der Waals surface area contributed by atoms with E-state index in [0.29, 0.717) is 29.8 Å². The van der Waals surface area contributed by atoms with Crippen molar-refractivity contribution in [2.45, 2.75) is 31.6 Å². The first-order chi connectivity index (χ1) is 10.7. The van der Waals surface area contributed by atoms with Gasteiger partial charge in [0.25, 0.3) is 0 Å². The van der Waals surface area contributed by atoms with Gasteiger partial charge in [0.15, 0.2) is 0 Å². The number of benzene rings is 1. The van der Waals surface area contributed by atoms with E-state index in [1.165, 1.54) is 7.11 Å². The van der Waals surface area contributed by atoms with Crippen molar-refractivity contribution in [2.75, 3.05) is 18.1 Å². The molecule has 0 bridgehead atoms. The fourth-order valence-corrected chi connectivity index (χ4v) is 3.19. The summed E-state index contributed by atoms with van der Waals surface area (Å²) < 4.78 is 56.6. The fraction of sp³-hybridized carbons (Fsp3) is 0.500. The number of methoxy groups -OCH3 is 1. The van der Waals surface area contributed by atoms with Gasteiger partial charge < -0.3 is 4.74 Å². The minimum Gasteiger partial charge on any atom is -0.496 e. The van der Waals surface area contributed by atoms with Crippen molar-refractivity contribution in [3.8, 4) is 5.75 Å². The Morgan fingerprint density at radius 1 is 1.30 bits per heavy atom. The molecule has 0 heterocycles. The summed E-state index contributed by atoms with van der Waals surface area (Å²) in [5, 5.41) is 0. The molecule has 0 spiro atoms. The van der Waals surface area contributed by atoms with Gasteiger partial charge in [0.2, 0.25) is 15.9 Å². The number of hydrogen-bond acceptors (Lipinski definition) is 3. The second kappa shape index (κ2) is 6.86. The molecule has 0 radical (unpaired) electrons. The van der Waals surface area contributed by atoms with Crippen LogP contribution in [0.1, 0.15) is 31.2 Å². The van der Waals surface area contributed by atoms with E-state index in [-0.39, 0.29) is 18.8 Å². The largest absolute Gasteiger partial charge is 0.496 e. The molecule has 1 N–H and O–H groups in total. The molecule has 0 amide bonds. The number of nitrogens with one attached hydrogen (secondary N) is 1. The third-order valence-electron chi connectivity index (χ3n) is 3.84. The molecule has 7 heteroatoms. The highest BCUT2D eigenvalue weighted by atomic mass is 32.2. The average Bonchev–Trinajstić information content (AvgIpc) is 2.44. The van der Waals surface area contributed by atoms with Gasteiger partial charge in [-0.25, -0.2) is 17.2 Å². The second-order valence-corrected chi connectivity index (χ2v) is 7.63. The molecule has 1 aliphatic carbocycles. The Morgan fingerprint density at radius 3 is 2.52 bits per heavy atom. The first kappa shape index (κ1) is 17.7. The van der Waals surface area contributed by atoms with Crippen molar-refractivity contribution in [2.24, 2.45) is 5.92 Å². The molecular weight excluding hydrogens is 324 g/mol. The summed E-state index contributed by atoms with van der Waals surface area (Å²) in [7, 11) is -1.83. The summed E-state index contributed by atoms with van der Waals surface area (Å²) in [5.74, 6) is -1.84. The number of alkyl halides is 2. The van der Waals surface area contributed by atoms with E-state index in [9.17, 15) is 17.2 Å². The number of anilines is 1. The molecule has 128 valence electrons. The summed E-state index contributed by atoms with van der Waals surface area (Å²) in [5.41, 5.74) is 1.14. The average molecular weight is 345 g/mol. The van der Waals surface area contributed by atoms with Gasteiger partial charge in [-0.3, -0.25) is 4.72 Å². The van der Waals surface area contributed by atoms with E-state index < -0.39 is 15.9 Å². The predicted molar refractivity (Wildman–Crippen MR) is 87.4 cm³/mol. The molecule has 0 aromatic heterocycles. The fourth-order valence-electron chi connectivity index (χ4n) is 2.64. The van der Waals surface area contributed by atoms with Crippen LogP contribution in [0, 0.1) is 5.92 Å². The molecule has 1 aliphatic rings. The smallest absolute Gasteiger partial charge is 0.248 e. The topological polar surface area (TPSA) is 55.4 Å². The van der Waals surface area contributed by atoms with Gasteiger partial charge in [-0.2, -0.15) is 0 Å². The van der Waals surface area contributed by atoms with Crippen molar-refractivity contribution in [1.82, 2.24) is 0 Å². The van der Waals surface area contributed by atoms with Crippen LogP contribution in [0.2, 0.25) is 0 Å². The normalized spacial score (nSPS) is 19.0. The zero-order chi connectivity index (χ0) is 17.1. The Balaban J connectivity index is 2.14.